The number of nitrogens with one attached hydrogen (secondary N) is 1. The van der Waals surface area contributed by atoms with Gasteiger partial charge >= 0.3 is 0 Å². The van der Waals surface area contributed by atoms with Crippen molar-refractivity contribution in [3.05, 3.63) is 41.6 Å². The van der Waals surface area contributed by atoms with Crippen molar-refractivity contribution in [3.63, 3.8) is 0 Å². The molecule has 0 amide bonds. The second-order valence-electron chi connectivity index (χ2n) is 5.14. The molecule has 0 aliphatic carbocycles. The zero-order valence-electron chi connectivity index (χ0n) is 12.3. The maximum atomic E-state index is 9.14. The number of aliphatic hydroxyl groups is 1. The number of aliphatic hydroxyl groups excluding tert-OH is 1. The lowest BCUT2D eigenvalue weighted by atomic mass is 10.1. The van der Waals surface area contributed by atoms with E-state index in [0.717, 1.165) is 30.8 Å². The lowest BCUT2D eigenvalue weighted by molar-refractivity contribution is 0.190. The zero-order valence-corrected chi connectivity index (χ0v) is 12.3. The summed E-state index contributed by atoms with van der Waals surface area (Å²) < 4.78 is 0. The number of aromatic amines is 1. The molecule has 4 nitrogen and oxygen atoms in total. The third kappa shape index (κ3) is 3.68. The normalized spacial score (nSPS) is 11.2. The maximum absolute atomic E-state index is 9.14. The van der Waals surface area contributed by atoms with E-state index in [1.807, 2.05) is 6.20 Å². The largest absolute Gasteiger partial charge is 0.395 e. The molecule has 0 fully saturated rings. The molecule has 0 saturated carbocycles. The summed E-state index contributed by atoms with van der Waals surface area (Å²) in [5, 5.41) is 16.4. The van der Waals surface area contributed by atoms with Crippen molar-refractivity contribution in [2.24, 2.45) is 0 Å². The summed E-state index contributed by atoms with van der Waals surface area (Å²) in [6, 6.07) is 8.44. The molecule has 1 aromatic carbocycles. The first-order chi connectivity index (χ1) is 9.74. The fraction of sp³-hybridized carbons (Fsp3) is 0.438. The molecular formula is C16H23N3O. The number of aromatic nitrogens is 2. The SMILES string of the molecule is CCCN(CCO)Cc1cn[nH]c1-c1ccc(C)cc1. The summed E-state index contributed by atoms with van der Waals surface area (Å²) >= 11 is 0. The van der Waals surface area contributed by atoms with E-state index < -0.39 is 0 Å². The topological polar surface area (TPSA) is 52.1 Å². The molecule has 1 heterocycles. The Morgan fingerprint density at radius 2 is 1.95 bits per heavy atom. The predicted molar refractivity (Wildman–Crippen MR) is 81.4 cm³/mol. The third-order valence-corrected chi connectivity index (χ3v) is 3.41. The summed E-state index contributed by atoms with van der Waals surface area (Å²) in [6.07, 6.45) is 2.97. The predicted octanol–water partition coefficient (Wildman–Crippen LogP) is 2.59. The Labute approximate surface area is 120 Å². The highest BCUT2D eigenvalue weighted by atomic mass is 16.3. The van der Waals surface area contributed by atoms with Crippen LogP contribution in [-0.4, -0.2) is 39.9 Å². The van der Waals surface area contributed by atoms with Gasteiger partial charge in [-0.25, -0.2) is 0 Å². The number of nitrogens with zero attached hydrogens (tertiary/aromatic N) is 2. The molecule has 20 heavy (non-hydrogen) atoms. The Morgan fingerprint density at radius 1 is 1.20 bits per heavy atom. The van der Waals surface area contributed by atoms with Crippen molar-refractivity contribution >= 4 is 0 Å². The van der Waals surface area contributed by atoms with E-state index in [1.54, 1.807) is 0 Å². The number of aryl methyl sites for hydroxylation is 1. The Bertz CT molecular complexity index is 513. The summed E-state index contributed by atoms with van der Waals surface area (Å²) in [6.45, 7) is 6.93. The minimum Gasteiger partial charge on any atom is -0.395 e. The highest BCUT2D eigenvalue weighted by Crippen LogP contribution is 2.22. The number of hydrogen-bond acceptors (Lipinski definition) is 3. The van der Waals surface area contributed by atoms with Gasteiger partial charge in [0, 0.05) is 18.7 Å². The van der Waals surface area contributed by atoms with E-state index >= 15 is 0 Å². The van der Waals surface area contributed by atoms with Crippen molar-refractivity contribution in [1.82, 2.24) is 15.1 Å². The van der Waals surface area contributed by atoms with Crippen molar-refractivity contribution in [1.29, 1.82) is 0 Å². The molecule has 1 aromatic heterocycles. The third-order valence-electron chi connectivity index (χ3n) is 3.41. The lowest BCUT2D eigenvalue weighted by Crippen LogP contribution is -2.27. The highest BCUT2D eigenvalue weighted by molar-refractivity contribution is 5.62. The van der Waals surface area contributed by atoms with Crippen LogP contribution in [0.25, 0.3) is 11.3 Å². The van der Waals surface area contributed by atoms with E-state index in [2.05, 4.69) is 53.2 Å². The van der Waals surface area contributed by atoms with Crippen LogP contribution < -0.4 is 0 Å². The lowest BCUT2D eigenvalue weighted by Gasteiger charge is -2.20. The highest BCUT2D eigenvalue weighted by Gasteiger charge is 2.11. The van der Waals surface area contributed by atoms with Crippen LogP contribution in [-0.2, 0) is 6.54 Å². The second-order valence-corrected chi connectivity index (χ2v) is 5.14. The van der Waals surface area contributed by atoms with Crippen molar-refractivity contribution < 1.29 is 5.11 Å². The standard InChI is InChI=1S/C16H23N3O/c1-3-8-19(9-10-20)12-15-11-17-18-16(15)14-6-4-13(2)5-7-14/h4-7,11,20H,3,8-10,12H2,1-2H3,(H,17,18). The fourth-order valence-corrected chi connectivity index (χ4v) is 2.37. The van der Waals surface area contributed by atoms with Crippen LogP contribution in [0.5, 0.6) is 0 Å². The van der Waals surface area contributed by atoms with Gasteiger partial charge in [0.05, 0.1) is 18.5 Å². The molecule has 4 heteroatoms. The molecule has 2 rings (SSSR count). The smallest absolute Gasteiger partial charge is 0.0695 e. The van der Waals surface area contributed by atoms with Crippen LogP contribution in [0.4, 0.5) is 0 Å². The number of rotatable bonds is 7. The summed E-state index contributed by atoms with van der Waals surface area (Å²) in [7, 11) is 0. The molecule has 2 N–H and O–H groups in total. The number of hydrogen-bond donors (Lipinski definition) is 2. The molecule has 108 valence electrons. The van der Waals surface area contributed by atoms with E-state index in [0.29, 0.717) is 6.54 Å². The van der Waals surface area contributed by atoms with Crippen LogP contribution in [0.3, 0.4) is 0 Å². The molecule has 0 bridgehead atoms. The summed E-state index contributed by atoms with van der Waals surface area (Å²) in [4.78, 5) is 2.25. The Kier molecular flexibility index (Phi) is 5.32. The van der Waals surface area contributed by atoms with Crippen molar-refractivity contribution in [3.8, 4) is 11.3 Å². The number of H-pyrrole nitrogens is 1. The monoisotopic (exact) mass is 273 g/mol. The Hall–Kier alpha value is -1.65. The van der Waals surface area contributed by atoms with Crippen LogP contribution in [0.1, 0.15) is 24.5 Å². The molecule has 0 spiro atoms. The van der Waals surface area contributed by atoms with Crippen molar-refractivity contribution in [2.75, 3.05) is 19.7 Å². The van der Waals surface area contributed by atoms with Gasteiger partial charge in [-0.1, -0.05) is 36.8 Å². The molecular weight excluding hydrogens is 250 g/mol. The Balaban J connectivity index is 2.17. The van der Waals surface area contributed by atoms with Crippen LogP contribution in [0.2, 0.25) is 0 Å². The molecule has 0 aliphatic rings. The Morgan fingerprint density at radius 3 is 2.60 bits per heavy atom. The van der Waals surface area contributed by atoms with Gasteiger partial charge in [0.25, 0.3) is 0 Å². The fourth-order valence-electron chi connectivity index (χ4n) is 2.37. The summed E-state index contributed by atoms with van der Waals surface area (Å²) in [5.74, 6) is 0. The first-order valence-electron chi connectivity index (χ1n) is 7.17. The average Bonchev–Trinajstić information content (AvgIpc) is 2.88. The minimum absolute atomic E-state index is 0.192. The van der Waals surface area contributed by atoms with E-state index in [-0.39, 0.29) is 6.61 Å². The van der Waals surface area contributed by atoms with Gasteiger partial charge in [-0.2, -0.15) is 5.10 Å². The summed E-state index contributed by atoms with van der Waals surface area (Å²) in [5.41, 5.74) is 4.66. The zero-order chi connectivity index (χ0) is 14.4. The molecule has 0 saturated heterocycles. The van der Waals surface area contributed by atoms with Crippen LogP contribution in [0.15, 0.2) is 30.5 Å². The average molecular weight is 273 g/mol. The molecule has 0 atom stereocenters. The van der Waals surface area contributed by atoms with Gasteiger partial charge in [-0.05, 0) is 25.5 Å². The van der Waals surface area contributed by atoms with Crippen molar-refractivity contribution in [2.45, 2.75) is 26.8 Å². The van der Waals surface area contributed by atoms with E-state index in [4.69, 9.17) is 5.11 Å². The second kappa shape index (κ2) is 7.22. The van der Waals surface area contributed by atoms with Gasteiger partial charge < -0.3 is 5.11 Å². The molecule has 2 aromatic rings. The maximum Gasteiger partial charge on any atom is 0.0695 e. The van der Waals surface area contributed by atoms with Crippen LogP contribution >= 0.6 is 0 Å². The van der Waals surface area contributed by atoms with Gasteiger partial charge in [-0.15, -0.1) is 0 Å². The number of benzene rings is 1. The van der Waals surface area contributed by atoms with Gasteiger partial charge in [-0.3, -0.25) is 10.00 Å². The van der Waals surface area contributed by atoms with E-state index in [1.165, 1.54) is 11.1 Å². The van der Waals surface area contributed by atoms with Gasteiger partial charge in [0.1, 0.15) is 0 Å². The quantitative estimate of drug-likeness (QED) is 0.815. The van der Waals surface area contributed by atoms with E-state index in [9.17, 15) is 0 Å². The van der Waals surface area contributed by atoms with Gasteiger partial charge in [0.15, 0.2) is 0 Å². The minimum atomic E-state index is 0.192. The first-order valence-corrected chi connectivity index (χ1v) is 7.17. The van der Waals surface area contributed by atoms with Crippen LogP contribution in [0, 0.1) is 6.92 Å². The molecule has 0 aliphatic heterocycles. The first kappa shape index (κ1) is 14.8. The van der Waals surface area contributed by atoms with Gasteiger partial charge in [0.2, 0.25) is 0 Å². The molecule has 0 radical (unpaired) electrons. The molecule has 0 unspecified atom stereocenters.